The van der Waals surface area contributed by atoms with Crippen LogP contribution in [0.4, 0.5) is 4.39 Å². The van der Waals surface area contributed by atoms with Crippen LogP contribution >= 0.6 is 0 Å². The lowest BCUT2D eigenvalue weighted by Gasteiger charge is -2.26. The number of allylic oxidation sites excluding steroid dienone is 1. The summed E-state index contributed by atoms with van der Waals surface area (Å²) < 4.78 is 13.8. The van der Waals surface area contributed by atoms with E-state index in [-0.39, 0.29) is 24.1 Å². The molecule has 0 radical (unpaired) electrons. The van der Waals surface area contributed by atoms with Crippen LogP contribution in [-0.2, 0) is 11.3 Å². The summed E-state index contributed by atoms with van der Waals surface area (Å²) in [6.07, 6.45) is 4.77. The molecule has 0 spiro atoms. The summed E-state index contributed by atoms with van der Waals surface area (Å²) in [4.78, 5) is 13.1. The fraction of sp³-hybridized carbons (Fsp3) is 0.200. The predicted octanol–water partition coefficient (Wildman–Crippen LogP) is 2.96. The Balaban J connectivity index is 2.35. The van der Waals surface area contributed by atoms with Crippen molar-refractivity contribution in [2.45, 2.75) is 20.4 Å². The first-order chi connectivity index (χ1) is 9.04. The van der Waals surface area contributed by atoms with Crippen LogP contribution in [0, 0.1) is 18.2 Å². The van der Waals surface area contributed by atoms with E-state index in [0.29, 0.717) is 11.1 Å². The van der Waals surface area contributed by atoms with Gasteiger partial charge in [-0.05, 0) is 31.6 Å². The van der Waals surface area contributed by atoms with Gasteiger partial charge < -0.3 is 0 Å². The number of aryl methyl sites for hydroxylation is 1. The fourth-order valence-electron chi connectivity index (χ4n) is 2.01. The van der Waals surface area contributed by atoms with Crippen LogP contribution in [0.3, 0.4) is 0 Å². The molecule has 0 aliphatic carbocycles. The van der Waals surface area contributed by atoms with Gasteiger partial charge in [0, 0.05) is 17.2 Å². The molecular weight excluding hydrogens is 243 g/mol. The highest BCUT2D eigenvalue weighted by Crippen LogP contribution is 2.19. The Morgan fingerprint density at radius 3 is 2.74 bits per heavy atom. The van der Waals surface area contributed by atoms with Crippen molar-refractivity contribution in [1.29, 1.82) is 5.41 Å². The Labute approximate surface area is 111 Å². The normalized spacial score (nSPS) is 17.4. The number of nitrogens with one attached hydrogen (secondary N) is 1. The van der Waals surface area contributed by atoms with E-state index in [0.717, 1.165) is 5.56 Å². The van der Waals surface area contributed by atoms with Crippen LogP contribution in [0.15, 0.2) is 42.0 Å². The summed E-state index contributed by atoms with van der Waals surface area (Å²) in [6, 6.07) is 4.80. The summed E-state index contributed by atoms with van der Waals surface area (Å²) in [5.74, 6) is -0.534. The van der Waals surface area contributed by atoms with Gasteiger partial charge in [-0.1, -0.05) is 18.2 Å². The topological polar surface area (TPSA) is 44.2 Å². The molecule has 0 unspecified atom stereocenters. The third-order valence-electron chi connectivity index (χ3n) is 3.20. The third kappa shape index (κ3) is 2.47. The second kappa shape index (κ2) is 5.18. The van der Waals surface area contributed by atoms with Crippen molar-refractivity contribution in [2.24, 2.45) is 0 Å². The molecule has 1 heterocycles. The zero-order valence-electron chi connectivity index (χ0n) is 10.9. The van der Waals surface area contributed by atoms with Crippen molar-refractivity contribution in [3.63, 3.8) is 0 Å². The monoisotopic (exact) mass is 258 g/mol. The standard InChI is InChI=1S/C15H15FN2O/c1-3-11-7-8-14(19)18(15(11)17)9-12-10(2)5-4-6-13(12)16/h3-8,17H,9H2,1-2H3/b11-3-,17-15?. The average molecular weight is 258 g/mol. The summed E-state index contributed by atoms with van der Waals surface area (Å²) in [5, 5.41) is 7.99. The van der Waals surface area contributed by atoms with E-state index in [4.69, 9.17) is 5.41 Å². The number of amides is 1. The van der Waals surface area contributed by atoms with E-state index in [9.17, 15) is 9.18 Å². The van der Waals surface area contributed by atoms with Gasteiger partial charge in [-0.3, -0.25) is 15.1 Å². The van der Waals surface area contributed by atoms with Gasteiger partial charge in [0.25, 0.3) is 5.91 Å². The first kappa shape index (κ1) is 13.2. The Morgan fingerprint density at radius 1 is 1.37 bits per heavy atom. The highest BCUT2D eigenvalue weighted by molar-refractivity contribution is 6.13. The second-order valence-corrected chi connectivity index (χ2v) is 4.39. The molecular formula is C15H15FN2O. The largest absolute Gasteiger partial charge is 0.289 e. The Bertz CT molecular complexity index is 582. The number of amidine groups is 1. The lowest BCUT2D eigenvalue weighted by atomic mass is 10.0. The number of carbonyl (C=O) groups excluding carboxylic acids is 1. The van der Waals surface area contributed by atoms with Gasteiger partial charge in [0.15, 0.2) is 0 Å². The highest BCUT2D eigenvalue weighted by Gasteiger charge is 2.24. The maximum Gasteiger partial charge on any atom is 0.252 e. The summed E-state index contributed by atoms with van der Waals surface area (Å²) in [6.45, 7) is 3.68. The highest BCUT2D eigenvalue weighted by atomic mass is 19.1. The van der Waals surface area contributed by atoms with E-state index < -0.39 is 0 Å². The first-order valence-corrected chi connectivity index (χ1v) is 6.03. The average Bonchev–Trinajstić information content (AvgIpc) is 2.37. The summed E-state index contributed by atoms with van der Waals surface area (Å²) >= 11 is 0. The smallest absolute Gasteiger partial charge is 0.252 e. The molecule has 0 fully saturated rings. The second-order valence-electron chi connectivity index (χ2n) is 4.39. The Kier molecular flexibility index (Phi) is 3.60. The molecule has 0 atom stereocenters. The molecule has 1 aromatic rings. The van der Waals surface area contributed by atoms with E-state index in [1.807, 2.05) is 0 Å². The molecule has 19 heavy (non-hydrogen) atoms. The Morgan fingerprint density at radius 2 is 2.11 bits per heavy atom. The predicted molar refractivity (Wildman–Crippen MR) is 72.3 cm³/mol. The zero-order chi connectivity index (χ0) is 14.0. The molecule has 1 amide bonds. The molecule has 0 saturated heterocycles. The molecule has 1 aromatic carbocycles. The Hall–Kier alpha value is -2.23. The number of hydrogen-bond donors (Lipinski definition) is 1. The fourth-order valence-corrected chi connectivity index (χ4v) is 2.01. The molecule has 0 aromatic heterocycles. The molecule has 1 N–H and O–H groups in total. The van der Waals surface area contributed by atoms with Crippen molar-refractivity contribution in [3.05, 3.63) is 58.9 Å². The zero-order valence-corrected chi connectivity index (χ0v) is 10.9. The molecule has 0 bridgehead atoms. The van der Waals surface area contributed by atoms with Gasteiger partial charge in [0.2, 0.25) is 0 Å². The van der Waals surface area contributed by atoms with Gasteiger partial charge in [-0.2, -0.15) is 0 Å². The molecule has 0 saturated carbocycles. The number of halogens is 1. The molecule has 4 heteroatoms. The molecule has 2 rings (SSSR count). The quantitative estimate of drug-likeness (QED) is 0.870. The summed E-state index contributed by atoms with van der Waals surface area (Å²) in [7, 11) is 0. The van der Waals surface area contributed by atoms with Gasteiger partial charge in [-0.15, -0.1) is 0 Å². The SMILES string of the molecule is C/C=C1/C=CC(=O)N(Cc2c(C)cccc2F)C1=N. The van der Waals surface area contributed by atoms with E-state index >= 15 is 0 Å². The van der Waals surface area contributed by atoms with Crippen LogP contribution in [0.1, 0.15) is 18.1 Å². The van der Waals surface area contributed by atoms with Crippen molar-refractivity contribution in [2.75, 3.05) is 0 Å². The maximum atomic E-state index is 13.8. The molecule has 1 aliphatic heterocycles. The van der Waals surface area contributed by atoms with Gasteiger partial charge in [-0.25, -0.2) is 4.39 Å². The molecule has 1 aliphatic rings. The maximum absolute atomic E-state index is 13.8. The van der Waals surface area contributed by atoms with Crippen LogP contribution < -0.4 is 0 Å². The van der Waals surface area contributed by atoms with Crippen LogP contribution in [0.2, 0.25) is 0 Å². The van der Waals surface area contributed by atoms with Crippen LogP contribution in [-0.4, -0.2) is 16.6 Å². The number of carbonyl (C=O) groups is 1. The third-order valence-corrected chi connectivity index (χ3v) is 3.20. The summed E-state index contributed by atoms with van der Waals surface area (Å²) in [5.41, 5.74) is 1.89. The first-order valence-electron chi connectivity index (χ1n) is 6.03. The number of hydrogen-bond acceptors (Lipinski definition) is 2. The van der Waals surface area contributed by atoms with Gasteiger partial charge in [0.05, 0.1) is 6.54 Å². The van der Waals surface area contributed by atoms with E-state index in [2.05, 4.69) is 0 Å². The van der Waals surface area contributed by atoms with Crippen molar-refractivity contribution in [3.8, 4) is 0 Å². The van der Waals surface area contributed by atoms with E-state index in [1.54, 1.807) is 38.1 Å². The minimum atomic E-state index is -0.350. The van der Waals surface area contributed by atoms with Gasteiger partial charge >= 0.3 is 0 Å². The molecule has 3 nitrogen and oxygen atoms in total. The van der Waals surface area contributed by atoms with Crippen molar-refractivity contribution in [1.82, 2.24) is 4.90 Å². The molecule has 98 valence electrons. The van der Waals surface area contributed by atoms with Crippen LogP contribution in [0.5, 0.6) is 0 Å². The lowest BCUT2D eigenvalue weighted by molar-refractivity contribution is -0.123. The van der Waals surface area contributed by atoms with Gasteiger partial charge in [0.1, 0.15) is 11.7 Å². The lowest BCUT2D eigenvalue weighted by Crippen LogP contribution is -2.38. The van der Waals surface area contributed by atoms with Crippen molar-refractivity contribution >= 4 is 11.7 Å². The number of rotatable bonds is 2. The minimum absolute atomic E-state index is 0.0812. The van der Waals surface area contributed by atoms with Crippen LogP contribution in [0.25, 0.3) is 0 Å². The van der Waals surface area contributed by atoms with Crippen molar-refractivity contribution < 1.29 is 9.18 Å². The van der Waals surface area contributed by atoms with E-state index in [1.165, 1.54) is 17.0 Å². The minimum Gasteiger partial charge on any atom is -0.289 e. The number of benzene rings is 1. The number of nitrogens with zero attached hydrogens (tertiary/aromatic N) is 1.